The minimum absolute atomic E-state index is 0. The summed E-state index contributed by atoms with van der Waals surface area (Å²) >= 11 is 1.66. The van der Waals surface area contributed by atoms with Crippen LogP contribution >= 0.6 is 23.7 Å². The molecule has 3 nitrogen and oxygen atoms in total. The average Bonchev–Trinajstić information content (AvgIpc) is 2.85. The van der Waals surface area contributed by atoms with Gasteiger partial charge in [-0.1, -0.05) is 30.3 Å². The Balaban J connectivity index is 0.00000225. The van der Waals surface area contributed by atoms with Crippen molar-refractivity contribution in [3.8, 4) is 0 Å². The molecule has 3 rings (SSSR count). The van der Waals surface area contributed by atoms with Crippen LogP contribution in [-0.2, 0) is 24.1 Å². The van der Waals surface area contributed by atoms with Gasteiger partial charge in [0.1, 0.15) is 0 Å². The first-order chi connectivity index (χ1) is 11.5. The van der Waals surface area contributed by atoms with Gasteiger partial charge < -0.3 is 10.0 Å². The molecule has 0 radical (unpaired) electrons. The molecule has 2 aromatic rings. The van der Waals surface area contributed by atoms with E-state index < -0.39 is 5.97 Å². The van der Waals surface area contributed by atoms with Gasteiger partial charge in [-0.15, -0.1) is 23.7 Å². The highest BCUT2D eigenvalue weighted by Crippen LogP contribution is 2.38. The Morgan fingerprint density at radius 1 is 1.24 bits per heavy atom. The number of rotatable bonds is 5. The lowest BCUT2D eigenvalue weighted by Gasteiger charge is -2.11. The second kappa shape index (κ2) is 8.65. The highest BCUT2D eigenvalue weighted by Gasteiger charge is 2.21. The number of hydrogen-bond acceptors (Lipinski definition) is 3. The highest BCUT2D eigenvalue weighted by atomic mass is 35.5. The van der Waals surface area contributed by atoms with Crippen molar-refractivity contribution in [2.45, 2.75) is 25.7 Å². The summed E-state index contributed by atoms with van der Waals surface area (Å²) in [5.74, 6) is -0.759. The molecule has 0 saturated heterocycles. The van der Waals surface area contributed by atoms with Gasteiger partial charge in [-0.05, 0) is 61.7 Å². The smallest absolute Gasteiger partial charge is 0.308 e. The maximum absolute atomic E-state index is 11.1. The zero-order valence-corrected chi connectivity index (χ0v) is 16.3. The van der Waals surface area contributed by atoms with E-state index in [1.165, 1.54) is 27.1 Å². The molecule has 0 bridgehead atoms. The van der Waals surface area contributed by atoms with Crippen molar-refractivity contribution in [3.05, 3.63) is 62.9 Å². The summed E-state index contributed by atoms with van der Waals surface area (Å²) in [5, 5.41) is 9.10. The molecule has 0 atom stereocenters. The lowest BCUT2D eigenvalue weighted by atomic mass is 9.95. The van der Waals surface area contributed by atoms with Gasteiger partial charge in [0.15, 0.2) is 0 Å². The molecule has 0 unspecified atom stereocenters. The second-order valence-corrected chi connectivity index (χ2v) is 7.71. The van der Waals surface area contributed by atoms with Crippen molar-refractivity contribution in [2.75, 3.05) is 20.6 Å². The molecule has 1 N–H and O–H groups in total. The zero-order chi connectivity index (χ0) is 17.1. The number of aliphatic carboxylic acids is 1. The molecule has 5 heteroatoms. The third-order valence-electron chi connectivity index (χ3n) is 4.33. The Bertz CT molecular complexity index is 780. The lowest BCUT2D eigenvalue weighted by Crippen LogP contribution is -2.12. The van der Waals surface area contributed by atoms with E-state index in [0.717, 1.165) is 30.7 Å². The van der Waals surface area contributed by atoms with Crippen LogP contribution in [0.5, 0.6) is 0 Å². The van der Waals surface area contributed by atoms with Gasteiger partial charge in [-0.2, -0.15) is 0 Å². The van der Waals surface area contributed by atoms with Gasteiger partial charge in [0.05, 0.1) is 6.42 Å². The standard InChI is InChI=1S/C20H23NO2S.ClH/c1-21(2)11-5-8-17-16-7-4-3-6-14(16)9-10-19-18(17)12-15(24-19)13-20(22)23;/h3-4,6-8,12H,5,9-11,13H2,1-2H3,(H,22,23);1H. The van der Waals surface area contributed by atoms with E-state index in [9.17, 15) is 4.79 Å². The van der Waals surface area contributed by atoms with Gasteiger partial charge >= 0.3 is 5.97 Å². The van der Waals surface area contributed by atoms with E-state index in [0.29, 0.717) is 0 Å². The van der Waals surface area contributed by atoms with Crippen LogP contribution in [0.15, 0.2) is 36.4 Å². The fourth-order valence-corrected chi connectivity index (χ4v) is 4.39. The van der Waals surface area contributed by atoms with Crippen LogP contribution in [0.2, 0.25) is 0 Å². The summed E-state index contributed by atoms with van der Waals surface area (Å²) in [7, 11) is 4.17. The summed E-state index contributed by atoms with van der Waals surface area (Å²) in [6, 6.07) is 10.7. The predicted molar refractivity (Wildman–Crippen MR) is 107 cm³/mol. The number of thiophene rings is 1. The Kier molecular flexibility index (Phi) is 6.82. The number of carbonyl (C=O) groups is 1. The molecule has 1 aliphatic rings. The van der Waals surface area contributed by atoms with Gasteiger partial charge in [-0.25, -0.2) is 0 Å². The minimum atomic E-state index is -0.759. The fraction of sp³-hybridized carbons (Fsp3) is 0.350. The molecule has 0 spiro atoms. The molecule has 25 heavy (non-hydrogen) atoms. The Morgan fingerprint density at radius 3 is 2.72 bits per heavy atom. The molecule has 1 aliphatic carbocycles. The van der Waals surface area contributed by atoms with Gasteiger partial charge in [0.2, 0.25) is 0 Å². The number of carboxylic acids is 1. The van der Waals surface area contributed by atoms with Crippen LogP contribution < -0.4 is 0 Å². The Labute approximate surface area is 159 Å². The molecule has 0 aliphatic heterocycles. The predicted octanol–water partition coefficient (Wildman–Crippen LogP) is 4.28. The monoisotopic (exact) mass is 377 g/mol. The van der Waals surface area contributed by atoms with Crippen LogP contribution in [0.1, 0.15) is 32.9 Å². The van der Waals surface area contributed by atoms with Crippen molar-refractivity contribution >= 4 is 35.3 Å². The molecule has 0 fully saturated rings. The van der Waals surface area contributed by atoms with Crippen molar-refractivity contribution in [2.24, 2.45) is 0 Å². The molecule has 134 valence electrons. The van der Waals surface area contributed by atoms with Crippen molar-refractivity contribution < 1.29 is 9.90 Å². The van der Waals surface area contributed by atoms with E-state index in [1.807, 2.05) is 0 Å². The second-order valence-electron chi connectivity index (χ2n) is 6.49. The largest absolute Gasteiger partial charge is 0.481 e. The number of aryl methyl sites for hydroxylation is 2. The van der Waals surface area contributed by atoms with E-state index in [4.69, 9.17) is 5.11 Å². The molecule has 1 aromatic heterocycles. The molecule has 0 amide bonds. The summed E-state index contributed by atoms with van der Waals surface area (Å²) in [4.78, 5) is 15.5. The van der Waals surface area contributed by atoms with E-state index >= 15 is 0 Å². The zero-order valence-electron chi connectivity index (χ0n) is 14.6. The molecular formula is C20H24ClNO2S. The van der Waals surface area contributed by atoms with Crippen LogP contribution in [0, 0.1) is 0 Å². The van der Waals surface area contributed by atoms with Crippen molar-refractivity contribution in [1.29, 1.82) is 0 Å². The minimum Gasteiger partial charge on any atom is -0.481 e. The van der Waals surface area contributed by atoms with Gasteiger partial charge in [0, 0.05) is 16.3 Å². The number of benzene rings is 1. The van der Waals surface area contributed by atoms with E-state index in [1.54, 1.807) is 11.3 Å². The van der Waals surface area contributed by atoms with E-state index in [2.05, 4.69) is 55.4 Å². The third-order valence-corrected chi connectivity index (χ3v) is 5.52. The van der Waals surface area contributed by atoms with Crippen molar-refractivity contribution in [1.82, 2.24) is 4.90 Å². The van der Waals surface area contributed by atoms with Crippen molar-refractivity contribution in [3.63, 3.8) is 0 Å². The molecule has 0 saturated carbocycles. The molecule has 1 heterocycles. The van der Waals surface area contributed by atoms with Crippen LogP contribution in [-0.4, -0.2) is 36.6 Å². The summed E-state index contributed by atoms with van der Waals surface area (Å²) < 4.78 is 0. The van der Waals surface area contributed by atoms with Gasteiger partial charge in [0.25, 0.3) is 0 Å². The number of carboxylic acid groups (broad SMARTS) is 1. The number of fused-ring (bicyclic) bond motifs is 2. The highest BCUT2D eigenvalue weighted by molar-refractivity contribution is 7.12. The third kappa shape index (κ3) is 4.72. The van der Waals surface area contributed by atoms with Gasteiger partial charge in [-0.3, -0.25) is 4.79 Å². The number of halogens is 1. The normalized spacial score (nSPS) is 14.6. The number of nitrogens with zero attached hydrogens (tertiary/aromatic N) is 1. The first kappa shape index (κ1) is 19.7. The number of hydrogen-bond donors (Lipinski definition) is 1. The molecular weight excluding hydrogens is 354 g/mol. The van der Waals surface area contributed by atoms with E-state index in [-0.39, 0.29) is 18.8 Å². The SMILES string of the molecule is CN(C)CCC=C1c2ccccc2CCc2sc(CC(=O)O)cc21.Cl. The summed E-state index contributed by atoms with van der Waals surface area (Å²) in [6.45, 7) is 1.01. The first-order valence-electron chi connectivity index (χ1n) is 8.31. The van der Waals surface area contributed by atoms with Crippen LogP contribution in [0.25, 0.3) is 5.57 Å². The van der Waals surface area contributed by atoms with Crippen LogP contribution in [0.3, 0.4) is 0 Å². The van der Waals surface area contributed by atoms with Crippen LogP contribution in [0.4, 0.5) is 0 Å². The Morgan fingerprint density at radius 2 is 2.00 bits per heavy atom. The summed E-state index contributed by atoms with van der Waals surface area (Å²) in [6.07, 6.45) is 5.42. The quantitative estimate of drug-likeness (QED) is 0.845. The first-order valence-corrected chi connectivity index (χ1v) is 9.13. The topological polar surface area (TPSA) is 40.5 Å². The maximum atomic E-state index is 11.1. The summed E-state index contributed by atoms with van der Waals surface area (Å²) in [5.41, 5.74) is 5.19. The molecule has 1 aromatic carbocycles. The average molecular weight is 378 g/mol. The fourth-order valence-electron chi connectivity index (χ4n) is 3.22. The lowest BCUT2D eigenvalue weighted by molar-refractivity contribution is -0.136. The Hall–Kier alpha value is -1.62. The maximum Gasteiger partial charge on any atom is 0.308 e.